The Kier molecular flexibility index (Phi) is 4.34. The number of piperazine rings is 1. The Bertz CT molecular complexity index is 504. The van der Waals surface area contributed by atoms with Gasteiger partial charge in [-0.15, -0.1) is 0 Å². The number of hydrogen-bond acceptors (Lipinski definition) is 3. The third-order valence-electron chi connectivity index (χ3n) is 2.78. The molecule has 1 aromatic rings. The average Bonchev–Trinajstić information content (AvgIpc) is 2.43. The van der Waals surface area contributed by atoms with Crippen molar-refractivity contribution in [3.63, 3.8) is 0 Å². The van der Waals surface area contributed by atoms with Crippen LogP contribution in [0.4, 0.5) is 10.1 Å². The van der Waals surface area contributed by atoms with Gasteiger partial charge in [0, 0.05) is 26.2 Å². The number of anilines is 1. The Morgan fingerprint density at radius 1 is 1.32 bits per heavy atom. The summed E-state index contributed by atoms with van der Waals surface area (Å²) in [6.45, 7) is 2.26. The smallest absolute Gasteiger partial charge is 0.313 e. The number of benzene rings is 1. The number of amides is 2. The molecule has 1 saturated heterocycles. The maximum Gasteiger partial charge on any atom is 0.313 e. The van der Waals surface area contributed by atoms with Gasteiger partial charge in [0.1, 0.15) is 5.82 Å². The van der Waals surface area contributed by atoms with Gasteiger partial charge in [0.05, 0.1) is 10.7 Å². The van der Waals surface area contributed by atoms with Gasteiger partial charge in [-0.05, 0) is 18.2 Å². The number of hydrogen-bond donors (Lipinski definition) is 2. The zero-order chi connectivity index (χ0) is 13.8. The van der Waals surface area contributed by atoms with Crippen LogP contribution in [0.5, 0.6) is 0 Å². The van der Waals surface area contributed by atoms with E-state index >= 15 is 0 Å². The molecular weight excluding hydrogens is 273 g/mol. The minimum atomic E-state index is -0.811. The average molecular weight is 286 g/mol. The van der Waals surface area contributed by atoms with Crippen LogP contribution >= 0.6 is 11.6 Å². The van der Waals surface area contributed by atoms with Crippen molar-refractivity contribution in [3.8, 4) is 0 Å². The molecule has 1 fully saturated rings. The maximum atomic E-state index is 13.0. The maximum absolute atomic E-state index is 13.0. The van der Waals surface area contributed by atoms with Crippen molar-refractivity contribution in [2.24, 2.45) is 0 Å². The largest absolute Gasteiger partial charge is 0.332 e. The third kappa shape index (κ3) is 3.42. The van der Waals surface area contributed by atoms with Crippen LogP contribution in [0.25, 0.3) is 0 Å². The van der Waals surface area contributed by atoms with Crippen LogP contribution in [0.15, 0.2) is 18.2 Å². The molecular formula is C12H13ClFN3O2. The molecule has 0 spiro atoms. The van der Waals surface area contributed by atoms with Crippen molar-refractivity contribution in [2.75, 3.05) is 31.5 Å². The summed E-state index contributed by atoms with van der Waals surface area (Å²) >= 11 is 5.81. The lowest BCUT2D eigenvalue weighted by Crippen LogP contribution is -2.49. The summed E-state index contributed by atoms with van der Waals surface area (Å²) in [5.74, 6) is -1.98. The highest BCUT2D eigenvalue weighted by Gasteiger charge is 2.23. The van der Waals surface area contributed by atoms with E-state index < -0.39 is 17.6 Å². The van der Waals surface area contributed by atoms with Gasteiger partial charge in [-0.1, -0.05) is 11.6 Å². The van der Waals surface area contributed by atoms with Crippen molar-refractivity contribution in [3.05, 3.63) is 29.0 Å². The normalized spacial score (nSPS) is 15.2. The molecule has 1 aromatic carbocycles. The van der Waals surface area contributed by atoms with Crippen LogP contribution < -0.4 is 10.6 Å². The number of carbonyl (C=O) groups is 2. The molecule has 0 radical (unpaired) electrons. The lowest BCUT2D eigenvalue weighted by molar-refractivity contribution is -0.143. The fraction of sp³-hybridized carbons (Fsp3) is 0.333. The van der Waals surface area contributed by atoms with E-state index in [-0.39, 0.29) is 10.7 Å². The van der Waals surface area contributed by atoms with E-state index in [0.717, 1.165) is 6.07 Å². The zero-order valence-corrected chi connectivity index (χ0v) is 10.8. The van der Waals surface area contributed by atoms with Crippen molar-refractivity contribution >= 4 is 29.1 Å². The summed E-state index contributed by atoms with van der Waals surface area (Å²) in [7, 11) is 0. The first-order valence-corrected chi connectivity index (χ1v) is 6.22. The third-order valence-corrected chi connectivity index (χ3v) is 3.10. The SMILES string of the molecule is O=C(Nc1cc(F)ccc1Cl)C(=O)N1CCNCC1. The predicted octanol–water partition coefficient (Wildman–Crippen LogP) is 0.849. The lowest BCUT2D eigenvalue weighted by atomic mass is 10.3. The first kappa shape index (κ1) is 13.8. The molecule has 19 heavy (non-hydrogen) atoms. The molecule has 2 N–H and O–H groups in total. The minimum Gasteiger partial charge on any atom is -0.332 e. The molecule has 0 aromatic heterocycles. The van der Waals surface area contributed by atoms with Gasteiger partial charge in [-0.2, -0.15) is 0 Å². The Labute approximate surface area is 114 Å². The van der Waals surface area contributed by atoms with Gasteiger partial charge in [-0.25, -0.2) is 4.39 Å². The quantitative estimate of drug-likeness (QED) is 0.752. The molecule has 7 heteroatoms. The summed E-state index contributed by atoms with van der Waals surface area (Å²) in [6.07, 6.45) is 0. The van der Waals surface area contributed by atoms with Gasteiger partial charge in [0.2, 0.25) is 0 Å². The van der Waals surface area contributed by atoms with Crippen LogP contribution in [-0.2, 0) is 9.59 Å². The highest BCUT2D eigenvalue weighted by atomic mass is 35.5. The topological polar surface area (TPSA) is 61.4 Å². The number of halogens is 2. The van der Waals surface area contributed by atoms with Crippen LogP contribution in [0.2, 0.25) is 5.02 Å². The first-order valence-electron chi connectivity index (χ1n) is 5.84. The van der Waals surface area contributed by atoms with Crippen LogP contribution in [-0.4, -0.2) is 42.9 Å². The van der Waals surface area contributed by atoms with Gasteiger partial charge in [0.15, 0.2) is 0 Å². The van der Waals surface area contributed by atoms with Crippen LogP contribution in [0.1, 0.15) is 0 Å². The highest BCUT2D eigenvalue weighted by molar-refractivity contribution is 6.41. The molecule has 1 aliphatic heterocycles. The minimum absolute atomic E-state index is 0.0927. The Hall–Kier alpha value is -1.66. The van der Waals surface area contributed by atoms with Crippen LogP contribution in [0.3, 0.4) is 0 Å². The van der Waals surface area contributed by atoms with E-state index in [1.165, 1.54) is 17.0 Å². The number of nitrogens with one attached hydrogen (secondary N) is 2. The second-order valence-corrected chi connectivity index (χ2v) is 4.53. The van der Waals surface area contributed by atoms with E-state index in [9.17, 15) is 14.0 Å². The summed E-state index contributed by atoms with van der Waals surface area (Å²) in [6, 6.07) is 3.57. The van der Waals surface area contributed by atoms with Gasteiger partial charge in [-0.3, -0.25) is 9.59 Å². The molecule has 2 amide bonds. The fourth-order valence-corrected chi connectivity index (χ4v) is 1.95. The molecule has 102 valence electrons. The van der Waals surface area contributed by atoms with E-state index in [2.05, 4.69) is 10.6 Å². The van der Waals surface area contributed by atoms with Crippen LogP contribution in [0, 0.1) is 5.82 Å². The van der Waals surface area contributed by atoms with Crippen molar-refractivity contribution in [2.45, 2.75) is 0 Å². The summed E-state index contributed by atoms with van der Waals surface area (Å²) in [5, 5.41) is 5.59. The Morgan fingerprint density at radius 3 is 2.68 bits per heavy atom. The molecule has 1 aliphatic rings. The number of nitrogens with zero attached hydrogens (tertiary/aromatic N) is 1. The van der Waals surface area contributed by atoms with Gasteiger partial charge < -0.3 is 15.5 Å². The molecule has 2 rings (SSSR count). The van der Waals surface area contributed by atoms with E-state index in [4.69, 9.17) is 11.6 Å². The van der Waals surface area contributed by atoms with E-state index in [0.29, 0.717) is 26.2 Å². The van der Waals surface area contributed by atoms with E-state index in [1.807, 2.05) is 0 Å². The first-order chi connectivity index (χ1) is 9.08. The molecule has 1 heterocycles. The number of rotatable bonds is 1. The van der Waals surface area contributed by atoms with Crippen molar-refractivity contribution in [1.82, 2.24) is 10.2 Å². The van der Waals surface area contributed by atoms with Gasteiger partial charge >= 0.3 is 11.8 Å². The number of carbonyl (C=O) groups excluding carboxylic acids is 2. The zero-order valence-electron chi connectivity index (χ0n) is 10.1. The summed E-state index contributed by atoms with van der Waals surface area (Å²) in [4.78, 5) is 25.1. The van der Waals surface area contributed by atoms with Gasteiger partial charge in [0.25, 0.3) is 0 Å². The van der Waals surface area contributed by atoms with Crippen molar-refractivity contribution in [1.29, 1.82) is 0 Å². The fourth-order valence-electron chi connectivity index (χ4n) is 1.78. The molecule has 0 atom stereocenters. The second-order valence-electron chi connectivity index (χ2n) is 4.12. The standard InChI is InChI=1S/C12H13ClFN3O2/c13-9-2-1-8(14)7-10(9)16-11(18)12(19)17-5-3-15-4-6-17/h1-2,7,15H,3-6H2,(H,16,18). The molecule has 0 aliphatic carbocycles. The predicted molar refractivity (Wildman–Crippen MR) is 69.5 cm³/mol. The summed E-state index contributed by atoms with van der Waals surface area (Å²) in [5.41, 5.74) is 0.0927. The highest BCUT2D eigenvalue weighted by Crippen LogP contribution is 2.22. The molecule has 0 saturated carbocycles. The molecule has 0 unspecified atom stereocenters. The summed E-state index contributed by atoms with van der Waals surface area (Å²) < 4.78 is 13.0. The second kappa shape index (κ2) is 5.99. The molecule has 0 bridgehead atoms. The Morgan fingerprint density at radius 2 is 2.00 bits per heavy atom. The Balaban J connectivity index is 2.03. The lowest BCUT2D eigenvalue weighted by Gasteiger charge is -2.26. The molecule has 5 nitrogen and oxygen atoms in total. The van der Waals surface area contributed by atoms with Crippen molar-refractivity contribution < 1.29 is 14.0 Å². The monoisotopic (exact) mass is 285 g/mol. The van der Waals surface area contributed by atoms with E-state index in [1.54, 1.807) is 0 Å².